The molecule has 0 saturated heterocycles. The third-order valence-corrected chi connectivity index (χ3v) is 12.0. The van der Waals surface area contributed by atoms with Gasteiger partial charge in [-0.1, -0.05) is 47.6 Å². The van der Waals surface area contributed by atoms with Gasteiger partial charge in [0.15, 0.2) is 55.8 Å². The third-order valence-electron chi connectivity index (χ3n) is 11.1. The van der Waals surface area contributed by atoms with E-state index in [4.69, 9.17) is 92.6 Å². The molecule has 0 fully saturated rings. The number of nitrogens with zero attached hydrogens (tertiary/aromatic N) is 6. The number of nitrogens with two attached hydrogens (primary N) is 1. The fourth-order valence-electron chi connectivity index (χ4n) is 7.69. The van der Waals surface area contributed by atoms with Crippen molar-refractivity contribution >= 4 is 91.5 Å². The minimum Gasteiger partial charge on any atom is -0.493 e. The highest BCUT2D eigenvalue weighted by atomic mass is 35.5. The Balaban J connectivity index is 0.000000264. The maximum atomic E-state index is 11.8. The van der Waals surface area contributed by atoms with Crippen LogP contribution < -0.4 is 59.0 Å². The average molecular weight is 1160 g/mol. The molecule has 0 aliphatic carbocycles. The summed E-state index contributed by atoms with van der Waals surface area (Å²) in [5, 5.41) is 6.97. The number of rotatable bonds is 24. The van der Waals surface area contributed by atoms with Crippen molar-refractivity contribution in [2.24, 2.45) is 5.73 Å². The first-order valence-corrected chi connectivity index (χ1v) is 26.3. The summed E-state index contributed by atoms with van der Waals surface area (Å²) in [7, 11) is 13.8. The number of methoxy groups -OCH3 is 9. The van der Waals surface area contributed by atoms with Crippen LogP contribution >= 0.6 is 34.8 Å². The van der Waals surface area contributed by atoms with E-state index in [0.29, 0.717) is 128 Å². The van der Waals surface area contributed by atoms with Crippen LogP contribution in [0.2, 0.25) is 15.5 Å². The van der Waals surface area contributed by atoms with E-state index in [0.717, 1.165) is 38.5 Å². The maximum Gasteiger partial charge on any atom is 0.306 e. The predicted molar refractivity (Wildman–Crippen MR) is 306 cm³/mol. The molecule has 0 radical (unpaired) electrons. The molecule has 0 amide bonds. The number of esters is 2. The lowest BCUT2D eigenvalue weighted by Crippen LogP contribution is -2.23. The highest BCUT2D eigenvalue weighted by Crippen LogP contribution is 2.45. The van der Waals surface area contributed by atoms with Gasteiger partial charge in [-0.25, -0.2) is 29.9 Å². The van der Waals surface area contributed by atoms with Crippen molar-refractivity contribution in [3.8, 4) is 51.7 Å². The van der Waals surface area contributed by atoms with Gasteiger partial charge in [0.1, 0.15) is 33.6 Å². The Morgan fingerprint density at radius 3 is 1.15 bits per heavy atom. The lowest BCUT2D eigenvalue weighted by atomic mass is 10.1. The third kappa shape index (κ3) is 18.1. The Labute approximate surface area is 476 Å². The van der Waals surface area contributed by atoms with Crippen molar-refractivity contribution in [3.05, 3.63) is 39.4 Å². The maximum absolute atomic E-state index is 11.8. The molecule has 25 heteroatoms. The smallest absolute Gasteiger partial charge is 0.306 e. The summed E-state index contributed by atoms with van der Waals surface area (Å²) in [5.74, 6) is 4.84. The topological polar surface area (TPSA) is 263 Å². The zero-order chi connectivity index (χ0) is 58.6. The Morgan fingerprint density at radius 1 is 0.443 bits per heavy atom. The van der Waals surface area contributed by atoms with Crippen molar-refractivity contribution in [1.29, 1.82) is 0 Å². The molecule has 3 aromatic heterocycles. The van der Waals surface area contributed by atoms with Crippen LogP contribution in [0.1, 0.15) is 98.6 Å². The standard InChI is InChI=1S/C22H34N4O5.C21H30ClN3O5.C11H10Cl2N2O3/c1-22(2,3)31-17(27)10-8-7-9-11-24-21-15(13-23)25-18-14(26-21)12-16(28-4)19(29-5)20(18)30-6;1-21(2,3)30-15(26)10-8-7-9-11-23-20-19(22)25-16-13(24-20)12-14(27-4)17(28-5)18(16)29-6;1-16-6-4-5-7(9(18-3)8(6)17-2)15-11(13)10(12)14-5/h12H,7-11,13,23H2,1-6H3,(H,24,26);12H,7-11H2,1-6H3,(H,23,24);4H,1-3H3. The number of hydrogen-bond donors (Lipinski definition) is 3. The van der Waals surface area contributed by atoms with Gasteiger partial charge in [-0.15, -0.1) is 0 Å². The first-order chi connectivity index (χ1) is 37.5. The number of unbranched alkanes of at least 4 members (excludes halogenated alkanes) is 4. The fraction of sp³-hybridized carbons (Fsp3) is 0.519. The number of carbonyl (C=O) groups excluding carboxylic acids is 2. The number of hydrogen-bond acceptors (Lipinski definition) is 22. The van der Waals surface area contributed by atoms with Gasteiger partial charge in [-0.2, -0.15) is 0 Å². The molecule has 4 N–H and O–H groups in total. The zero-order valence-corrected chi connectivity index (χ0v) is 50.0. The van der Waals surface area contributed by atoms with Crippen LogP contribution in [0.15, 0.2) is 18.2 Å². The number of benzene rings is 3. The highest BCUT2D eigenvalue weighted by molar-refractivity contribution is 6.40. The molecular weight excluding hydrogens is 1090 g/mol. The molecule has 6 rings (SSSR count). The summed E-state index contributed by atoms with van der Waals surface area (Å²) < 4.78 is 58.9. The second-order valence-electron chi connectivity index (χ2n) is 19.1. The minimum atomic E-state index is -0.445. The quantitative estimate of drug-likeness (QED) is 0.0376. The van der Waals surface area contributed by atoms with E-state index >= 15 is 0 Å². The van der Waals surface area contributed by atoms with E-state index in [1.54, 1.807) is 46.6 Å². The molecule has 6 aromatic rings. The first kappa shape index (κ1) is 64.8. The van der Waals surface area contributed by atoms with Crippen molar-refractivity contribution in [2.45, 2.75) is 111 Å². The lowest BCUT2D eigenvalue weighted by Gasteiger charge is -2.19. The number of nitrogens with one attached hydrogen (secondary N) is 2. The zero-order valence-electron chi connectivity index (χ0n) is 47.7. The second-order valence-corrected chi connectivity index (χ2v) is 20.2. The van der Waals surface area contributed by atoms with E-state index < -0.39 is 11.2 Å². The number of carbonyl (C=O) groups is 2. The summed E-state index contributed by atoms with van der Waals surface area (Å²) in [6, 6.07) is 5.15. The van der Waals surface area contributed by atoms with Crippen LogP contribution in [0.4, 0.5) is 11.6 Å². The monoisotopic (exact) mass is 1160 g/mol. The number of halogens is 3. The molecule has 0 atom stereocenters. The molecule has 0 spiro atoms. The molecule has 79 heavy (non-hydrogen) atoms. The van der Waals surface area contributed by atoms with Gasteiger partial charge in [-0.3, -0.25) is 9.59 Å². The fourth-order valence-corrected chi connectivity index (χ4v) is 8.14. The van der Waals surface area contributed by atoms with Crippen molar-refractivity contribution in [3.63, 3.8) is 0 Å². The van der Waals surface area contributed by atoms with E-state index in [9.17, 15) is 9.59 Å². The van der Waals surface area contributed by atoms with Gasteiger partial charge in [0.2, 0.25) is 17.2 Å². The van der Waals surface area contributed by atoms with Crippen LogP contribution in [0, 0.1) is 0 Å². The van der Waals surface area contributed by atoms with E-state index in [2.05, 4.69) is 40.5 Å². The number of fused-ring (bicyclic) bond motifs is 3. The van der Waals surface area contributed by atoms with Crippen molar-refractivity contribution < 1.29 is 61.7 Å². The summed E-state index contributed by atoms with van der Waals surface area (Å²) in [6.07, 6.45) is 5.88. The van der Waals surface area contributed by atoms with E-state index in [-0.39, 0.29) is 33.9 Å². The highest BCUT2D eigenvalue weighted by Gasteiger charge is 2.24. The van der Waals surface area contributed by atoms with Crippen molar-refractivity contribution in [1.82, 2.24) is 29.9 Å². The molecule has 0 aliphatic rings. The Bertz CT molecular complexity index is 3010. The molecule has 22 nitrogen and oxygen atoms in total. The van der Waals surface area contributed by atoms with Gasteiger partial charge in [-0.05, 0) is 67.2 Å². The molecule has 3 heterocycles. The molecule has 0 bridgehead atoms. The Kier molecular flexibility index (Phi) is 25.1. The first-order valence-electron chi connectivity index (χ1n) is 25.1. The molecule has 3 aromatic carbocycles. The summed E-state index contributed by atoms with van der Waals surface area (Å²) in [4.78, 5) is 50.1. The number of anilines is 2. The van der Waals surface area contributed by atoms with Crippen molar-refractivity contribution in [2.75, 3.05) is 87.7 Å². The summed E-state index contributed by atoms with van der Waals surface area (Å²) in [5.41, 5.74) is 8.85. The lowest BCUT2D eigenvalue weighted by molar-refractivity contribution is -0.156. The van der Waals surface area contributed by atoms with Crippen LogP contribution in [0.25, 0.3) is 33.1 Å². The molecular formula is C54H74Cl3N9O13. The van der Waals surface area contributed by atoms with Crippen LogP contribution in [0.3, 0.4) is 0 Å². The van der Waals surface area contributed by atoms with Gasteiger partial charge < -0.3 is 68.5 Å². The number of aromatic nitrogens is 6. The molecule has 0 aliphatic heterocycles. The Morgan fingerprint density at radius 2 is 0.785 bits per heavy atom. The number of ether oxygens (including phenoxy) is 11. The molecule has 434 valence electrons. The van der Waals surface area contributed by atoms with Crippen LogP contribution in [0.5, 0.6) is 51.7 Å². The minimum absolute atomic E-state index is 0.106. The average Bonchev–Trinajstić information content (AvgIpc) is 3.44. The largest absolute Gasteiger partial charge is 0.493 e. The normalized spacial score (nSPS) is 11.1. The van der Waals surface area contributed by atoms with Gasteiger partial charge in [0.05, 0.1) is 86.2 Å². The summed E-state index contributed by atoms with van der Waals surface area (Å²) in [6.45, 7) is 12.8. The molecule has 0 unspecified atom stereocenters. The van der Waals surface area contributed by atoms with Gasteiger partial charge in [0.25, 0.3) is 0 Å². The molecule has 0 saturated carbocycles. The summed E-state index contributed by atoms with van der Waals surface area (Å²) >= 11 is 18.0. The van der Waals surface area contributed by atoms with Gasteiger partial charge in [0, 0.05) is 50.7 Å². The van der Waals surface area contributed by atoms with E-state index in [1.807, 2.05) is 41.5 Å². The predicted octanol–water partition coefficient (Wildman–Crippen LogP) is 11.0. The second kappa shape index (κ2) is 30.6. The van der Waals surface area contributed by atoms with Gasteiger partial charge >= 0.3 is 11.9 Å². The SMILES string of the molecule is COc1cc2nc(Cl)c(Cl)nc2c(OC)c1OC.COc1cc2nc(NCCCCCC(=O)OC(C)(C)C)c(CN)nc2c(OC)c1OC.COc1cc2nc(NCCCCCC(=O)OC(C)(C)C)c(Cl)nc2c(OC)c1OC. The van der Waals surface area contributed by atoms with Crippen LogP contribution in [-0.2, 0) is 25.6 Å². The Hall–Kier alpha value is -6.75. The van der Waals surface area contributed by atoms with Crippen LogP contribution in [-0.4, -0.2) is 130 Å². The van der Waals surface area contributed by atoms with E-state index in [1.165, 1.54) is 35.5 Å².